The highest BCUT2D eigenvalue weighted by molar-refractivity contribution is 5.99. The molecular formula is C18H21NO2. The molecule has 0 aromatic heterocycles. The Kier molecular flexibility index (Phi) is 4.99. The number of carbonyl (C=O) groups is 1. The van der Waals surface area contributed by atoms with Gasteiger partial charge in [-0.1, -0.05) is 35.9 Å². The van der Waals surface area contributed by atoms with E-state index in [0.717, 1.165) is 29.1 Å². The third kappa shape index (κ3) is 3.85. The number of hydrogen-bond acceptors (Lipinski definition) is 3. The van der Waals surface area contributed by atoms with Crippen LogP contribution in [0.15, 0.2) is 48.5 Å². The second kappa shape index (κ2) is 6.93. The van der Waals surface area contributed by atoms with Gasteiger partial charge in [0.2, 0.25) is 0 Å². The fourth-order valence-corrected chi connectivity index (χ4v) is 2.20. The van der Waals surface area contributed by atoms with E-state index in [-0.39, 0.29) is 5.78 Å². The van der Waals surface area contributed by atoms with Gasteiger partial charge in [0.1, 0.15) is 5.75 Å². The summed E-state index contributed by atoms with van der Waals surface area (Å²) in [6, 6.07) is 15.5. The average Bonchev–Trinajstić information content (AvgIpc) is 2.53. The molecule has 3 nitrogen and oxygen atoms in total. The van der Waals surface area contributed by atoms with Crippen molar-refractivity contribution in [1.29, 1.82) is 0 Å². The van der Waals surface area contributed by atoms with Crippen LogP contribution in [0.4, 0.5) is 5.69 Å². The SMILES string of the molecule is CCN(CC(=O)c1ccc(C)cc1)c1cccc(OC)c1. The summed E-state index contributed by atoms with van der Waals surface area (Å²) in [4.78, 5) is 14.4. The molecule has 0 heterocycles. The lowest BCUT2D eigenvalue weighted by molar-refractivity contribution is 0.0999. The molecule has 0 atom stereocenters. The van der Waals surface area contributed by atoms with Crippen LogP contribution in [0.5, 0.6) is 5.75 Å². The lowest BCUT2D eigenvalue weighted by Gasteiger charge is -2.22. The maximum atomic E-state index is 12.4. The number of methoxy groups -OCH3 is 1. The van der Waals surface area contributed by atoms with Crippen molar-refractivity contribution < 1.29 is 9.53 Å². The van der Waals surface area contributed by atoms with Crippen molar-refractivity contribution in [3.05, 3.63) is 59.7 Å². The first-order valence-electron chi connectivity index (χ1n) is 7.13. The summed E-state index contributed by atoms with van der Waals surface area (Å²) >= 11 is 0. The zero-order valence-electron chi connectivity index (χ0n) is 12.8. The van der Waals surface area contributed by atoms with Crippen molar-refractivity contribution in [2.75, 3.05) is 25.1 Å². The van der Waals surface area contributed by atoms with Crippen LogP contribution in [0.2, 0.25) is 0 Å². The number of hydrogen-bond donors (Lipinski definition) is 0. The molecule has 0 aliphatic rings. The van der Waals surface area contributed by atoms with Crippen LogP contribution in [-0.4, -0.2) is 26.0 Å². The molecule has 0 saturated carbocycles. The average molecular weight is 283 g/mol. The molecule has 110 valence electrons. The van der Waals surface area contributed by atoms with Crippen molar-refractivity contribution in [2.45, 2.75) is 13.8 Å². The van der Waals surface area contributed by atoms with Gasteiger partial charge in [-0.15, -0.1) is 0 Å². The van der Waals surface area contributed by atoms with Gasteiger partial charge in [-0.25, -0.2) is 0 Å². The molecule has 0 unspecified atom stereocenters. The lowest BCUT2D eigenvalue weighted by atomic mass is 10.1. The normalized spacial score (nSPS) is 10.2. The molecule has 0 aliphatic carbocycles. The number of rotatable bonds is 6. The quantitative estimate of drug-likeness (QED) is 0.757. The predicted octanol–water partition coefficient (Wildman–Crippen LogP) is 3.71. The standard InChI is InChI=1S/C18H21NO2/c1-4-19(16-6-5-7-17(12-16)21-3)13-18(20)15-10-8-14(2)9-11-15/h5-12H,4,13H2,1-3H3. The topological polar surface area (TPSA) is 29.5 Å². The molecule has 3 heteroatoms. The van der Waals surface area contributed by atoms with E-state index in [1.165, 1.54) is 0 Å². The second-order valence-electron chi connectivity index (χ2n) is 5.00. The number of aryl methyl sites for hydroxylation is 1. The summed E-state index contributed by atoms with van der Waals surface area (Å²) in [6.45, 7) is 5.20. The van der Waals surface area contributed by atoms with E-state index in [4.69, 9.17) is 4.74 Å². The molecule has 0 fully saturated rings. The third-order valence-electron chi connectivity index (χ3n) is 3.51. The summed E-state index contributed by atoms with van der Waals surface area (Å²) in [7, 11) is 1.65. The van der Waals surface area contributed by atoms with Crippen molar-refractivity contribution in [1.82, 2.24) is 0 Å². The minimum absolute atomic E-state index is 0.125. The fourth-order valence-electron chi connectivity index (χ4n) is 2.20. The predicted molar refractivity (Wildman–Crippen MR) is 86.4 cm³/mol. The Morgan fingerprint density at radius 3 is 2.48 bits per heavy atom. The molecule has 0 saturated heterocycles. The van der Waals surface area contributed by atoms with Crippen LogP contribution >= 0.6 is 0 Å². The van der Waals surface area contributed by atoms with E-state index in [2.05, 4.69) is 0 Å². The Hall–Kier alpha value is -2.29. The molecule has 21 heavy (non-hydrogen) atoms. The van der Waals surface area contributed by atoms with Gasteiger partial charge in [0.15, 0.2) is 5.78 Å². The summed E-state index contributed by atoms with van der Waals surface area (Å²) in [5.74, 6) is 0.924. The summed E-state index contributed by atoms with van der Waals surface area (Å²) in [5.41, 5.74) is 2.91. The van der Waals surface area contributed by atoms with Crippen LogP contribution in [0.3, 0.4) is 0 Å². The number of likely N-dealkylation sites (N-methyl/N-ethyl adjacent to an activating group) is 1. The molecule has 0 aliphatic heterocycles. The van der Waals surface area contributed by atoms with E-state index in [1.54, 1.807) is 7.11 Å². The van der Waals surface area contributed by atoms with Crippen LogP contribution in [0.25, 0.3) is 0 Å². The number of ketones is 1. The first-order chi connectivity index (χ1) is 10.1. The van der Waals surface area contributed by atoms with Gasteiger partial charge in [-0.2, -0.15) is 0 Å². The van der Waals surface area contributed by atoms with Crippen LogP contribution in [-0.2, 0) is 0 Å². The summed E-state index contributed by atoms with van der Waals surface area (Å²) in [5, 5.41) is 0. The number of nitrogens with zero attached hydrogens (tertiary/aromatic N) is 1. The van der Waals surface area contributed by atoms with Crippen LogP contribution < -0.4 is 9.64 Å². The van der Waals surface area contributed by atoms with Gasteiger partial charge in [-0.05, 0) is 26.0 Å². The minimum Gasteiger partial charge on any atom is -0.497 e. The van der Waals surface area contributed by atoms with Gasteiger partial charge >= 0.3 is 0 Å². The minimum atomic E-state index is 0.125. The van der Waals surface area contributed by atoms with E-state index >= 15 is 0 Å². The Bertz CT molecular complexity index is 605. The van der Waals surface area contributed by atoms with Crippen LogP contribution in [0.1, 0.15) is 22.8 Å². The van der Waals surface area contributed by atoms with Gasteiger partial charge < -0.3 is 9.64 Å². The molecular weight excluding hydrogens is 262 g/mol. The maximum Gasteiger partial charge on any atom is 0.182 e. The number of anilines is 1. The third-order valence-corrected chi connectivity index (χ3v) is 3.51. The zero-order valence-corrected chi connectivity index (χ0v) is 12.8. The van der Waals surface area contributed by atoms with Gasteiger partial charge in [0.05, 0.1) is 13.7 Å². The lowest BCUT2D eigenvalue weighted by Crippen LogP contribution is -2.29. The second-order valence-corrected chi connectivity index (χ2v) is 5.00. The van der Waals surface area contributed by atoms with E-state index in [1.807, 2.05) is 67.3 Å². The Morgan fingerprint density at radius 1 is 1.14 bits per heavy atom. The summed E-state index contributed by atoms with van der Waals surface area (Å²) < 4.78 is 5.24. The van der Waals surface area contributed by atoms with Gasteiger partial charge in [0, 0.05) is 23.9 Å². The fraction of sp³-hybridized carbons (Fsp3) is 0.278. The number of Topliss-reactive ketones (excluding diaryl/α,β-unsaturated/α-hetero) is 1. The highest BCUT2D eigenvalue weighted by atomic mass is 16.5. The molecule has 2 aromatic carbocycles. The molecule has 0 bridgehead atoms. The number of ether oxygens (including phenoxy) is 1. The zero-order chi connectivity index (χ0) is 15.2. The highest BCUT2D eigenvalue weighted by Crippen LogP contribution is 2.21. The van der Waals surface area contributed by atoms with E-state index in [9.17, 15) is 4.79 Å². The van der Waals surface area contributed by atoms with Gasteiger partial charge in [0.25, 0.3) is 0 Å². The number of benzene rings is 2. The monoisotopic (exact) mass is 283 g/mol. The molecule has 0 N–H and O–H groups in total. The molecule has 2 rings (SSSR count). The first kappa shape index (κ1) is 15.1. The molecule has 2 aromatic rings. The van der Waals surface area contributed by atoms with Gasteiger partial charge in [-0.3, -0.25) is 4.79 Å². The first-order valence-corrected chi connectivity index (χ1v) is 7.13. The van der Waals surface area contributed by atoms with Crippen molar-refractivity contribution in [2.24, 2.45) is 0 Å². The molecule has 0 radical (unpaired) electrons. The largest absolute Gasteiger partial charge is 0.497 e. The van der Waals surface area contributed by atoms with E-state index < -0.39 is 0 Å². The Labute approximate surface area is 126 Å². The highest BCUT2D eigenvalue weighted by Gasteiger charge is 2.12. The van der Waals surface area contributed by atoms with E-state index in [0.29, 0.717) is 6.54 Å². The smallest absolute Gasteiger partial charge is 0.182 e. The summed E-state index contributed by atoms with van der Waals surface area (Å²) in [6.07, 6.45) is 0. The van der Waals surface area contributed by atoms with Crippen LogP contribution in [0, 0.1) is 6.92 Å². The number of carbonyl (C=O) groups excluding carboxylic acids is 1. The molecule has 0 amide bonds. The maximum absolute atomic E-state index is 12.4. The van der Waals surface area contributed by atoms with Crippen molar-refractivity contribution >= 4 is 11.5 Å². The molecule has 0 spiro atoms. The van der Waals surface area contributed by atoms with Crippen molar-refractivity contribution in [3.63, 3.8) is 0 Å². The Balaban J connectivity index is 2.14. The Morgan fingerprint density at radius 2 is 1.86 bits per heavy atom. The van der Waals surface area contributed by atoms with Crippen molar-refractivity contribution in [3.8, 4) is 5.75 Å².